The Bertz CT molecular complexity index is 1100. The summed E-state index contributed by atoms with van der Waals surface area (Å²) in [6, 6.07) is 11.9. The molecule has 2 aromatic carbocycles. The molecule has 0 aromatic heterocycles. The standard InChI is InChI=1S/C22H24N2O6S/c1-29-17-9-11-18(12-10-17)31(27,28)24-13-16-5-3-4-6-19(16)23(21(25)15-7-8-15)14-20(24)22(26)30-2/h3-6,9-12,15,20H,7-8,13-14H2,1-2H3. The number of anilines is 1. The molecule has 1 saturated carbocycles. The summed E-state index contributed by atoms with van der Waals surface area (Å²) in [6.07, 6.45) is 1.60. The Morgan fingerprint density at radius 3 is 2.29 bits per heavy atom. The first-order valence-corrected chi connectivity index (χ1v) is 11.4. The Hall–Kier alpha value is -2.91. The second kappa shape index (κ2) is 8.32. The van der Waals surface area contributed by atoms with Crippen LogP contribution in [0.5, 0.6) is 5.75 Å². The van der Waals surface area contributed by atoms with Crippen LogP contribution in [0.4, 0.5) is 5.69 Å². The van der Waals surface area contributed by atoms with Crippen LogP contribution in [-0.2, 0) is 30.9 Å². The summed E-state index contributed by atoms with van der Waals surface area (Å²) in [7, 11) is -1.36. The van der Waals surface area contributed by atoms with Crippen LogP contribution in [-0.4, -0.2) is 51.4 Å². The maximum atomic E-state index is 13.6. The smallest absolute Gasteiger partial charge is 0.326 e. The zero-order valence-electron chi connectivity index (χ0n) is 17.4. The lowest BCUT2D eigenvalue weighted by Gasteiger charge is -2.29. The maximum absolute atomic E-state index is 13.6. The molecular formula is C22H24N2O6S. The number of hydrogen-bond acceptors (Lipinski definition) is 6. The van der Waals surface area contributed by atoms with Gasteiger partial charge in [-0.1, -0.05) is 18.2 Å². The zero-order valence-corrected chi connectivity index (χ0v) is 18.2. The minimum Gasteiger partial charge on any atom is -0.497 e. The van der Waals surface area contributed by atoms with Crippen molar-refractivity contribution in [2.75, 3.05) is 25.7 Å². The van der Waals surface area contributed by atoms with Crippen molar-refractivity contribution in [1.82, 2.24) is 4.31 Å². The van der Waals surface area contributed by atoms with E-state index in [1.807, 2.05) is 0 Å². The fourth-order valence-electron chi connectivity index (χ4n) is 3.77. The molecule has 8 nitrogen and oxygen atoms in total. The van der Waals surface area contributed by atoms with Gasteiger partial charge in [0.05, 0.1) is 25.7 Å². The van der Waals surface area contributed by atoms with Crippen molar-refractivity contribution < 1.29 is 27.5 Å². The maximum Gasteiger partial charge on any atom is 0.326 e. The van der Waals surface area contributed by atoms with Crippen molar-refractivity contribution in [1.29, 1.82) is 0 Å². The third kappa shape index (κ3) is 4.03. The van der Waals surface area contributed by atoms with Crippen LogP contribution in [0.1, 0.15) is 18.4 Å². The molecule has 0 radical (unpaired) electrons. The highest BCUT2D eigenvalue weighted by atomic mass is 32.2. The number of sulfonamides is 1. The number of nitrogens with zero attached hydrogens (tertiary/aromatic N) is 2. The predicted octanol–water partition coefficient (Wildman–Crippen LogP) is 2.18. The molecule has 0 bridgehead atoms. The van der Waals surface area contributed by atoms with Crippen LogP contribution in [0.3, 0.4) is 0 Å². The SMILES string of the molecule is COC(=O)C1CN(C(=O)C2CC2)c2ccccc2CN1S(=O)(=O)c1ccc(OC)cc1. The Labute approximate surface area is 181 Å². The van der Waals surface area contributed by atoms with Gasteiger partial charge in [0.15, 0.2) is 0 Å². The molecule has 1 fully saturated rings. The van der Waals surface area contributed by atoms with Gasteiger partial charge in [-0.25, -0.2) is 8.42 Å². The van der Waals surface area contributed by atoms with Gasteiger partial charge in [0.2, 0.25) is 15.9 Å². The molecule has 1 unspecified atom stereocenters. The number of carbonyl (C=O) groups excluding carboxylic acids is 2. The van der Waals surface area contributed by atoms with E-state index < -0.39 is 22.0 Å². The van der Waals surface area contributed by atoms with Crippen LogP contribution >= 0.6 is 0 Å². The summed E-state index contributed by atoms with van der Waals surface area (Å²) in [4.78, 5) is 27.3. The topological polar surface area (TPSA) is 93.2 Å². The lowest BCUT2D eigenvalue weighted by molar-refractivity contribution is -0.145. The lowest BCUT2D eigenvalue weighted by Crippen LogP contribution is -2.50. The van der Waals surface area contributed by atoms with E-state index in [0.29, 0.717) is 17.0 Å². The third-order valence-electron chi connectivity index (χ3n) is 5.64. The summed E-state index contributed by atoms with van der Waals surface area (Å²) in [5, 5.41) is 0. The van der Waals surface area contributed by atoms with E-state index >= 15 is 0 Å². The van der Waals surface area contributed by atoms with Gasteiger partial charge in [-0.05, 0) is 48.7 Å². The average Bonchev–Trinajstić information content (AvgIpc) is 3.64. The largest absolute Gasteiger partial charge is 0.497 e. The van der Waals surface area contributed by atoms with E-state index in [1.165, 1.54) is 31.3 Å². The van der Waals surface area contributed by atoms with E-state index in [9.17, 15) is 18.0 Å². The highest BCUT2D eigenvalue weighted by molar-refractivity contribution is 7.89. The third-order valence-corrected chi connectivity index (χ3v) is 7.51. The number of amides is 1. The van der Waals surface area contributed by atoms with Gasteiger partial charge < -0.3 is 14.4 Å². The highest BCUT2D eigenvalue weighted by Crippen LogP contribution is 2.37. The molecule has 1 atom stereocenters. The van der Waals surface area contributed by atoms with E-state index in [2.05, 4.69) is 0 Å². The van der Waals surface area contributed by atoms with Gasteiger partial charge in [0.25, 0.3) is 0 Å². The first-order valence-electron chi connectivity index (χ1n) is 10.00. The lowest BCUT2D eigenvalue weighted by atomic mass is 10.1. The minimum absolute atomic E-state index is 0.0293. The van der Waals surface area contributed by atoms with E-state index in [4.69, 9.17) is 9.47 Å². The Balaban J connectivity index is 1.80. The van der Waals surface area contributed by atoms with Crippen molar-refractivity contribution in [2.45, 2.75) is 30.3 Å². The number of fused-ring (bicyclic) bond motifs is 1. The second-order valence-electron chi connectivity index (χ2n) is 7.62. The fraction of sp³-hybridized carbons (Fsp3) is 0.364. The summed E-state index contributed by atoms with van der Waals surface area (Å²) < 4.78 is 38.3. The average molecular weight is 445 g/mol. The molecule has 9 heteroatoms. The summed E-state index contributed by atoms with van der Waals surface area (Å²) in [5.41, 5.74) is 1.28. The second-order valence-corrected chi connectivity index (χ2v) is 9.51. The molecule has 1 aliphatic heterocycles. The van der Waals surface area contributed by atoms with Crippen molar-refractivity contribution in [2.24, 2.45) is 5.92 Å². The van der Waals surface area contributed by atoms with Crippen molar-refractivity contribution in [3.63, 3.8) is 0 Å². The van der Waals surface area contributed by atoms with Crippen molar-refractivity contribution >= 4 is 27.6 Å². The van der Waals surface area contributed by atoms with Crippen LogP contribution in [0.25, 0.3) is 0 Å². The Kier molecular flexibility index (Phi) is 5.72. The summed E-state index contributed by atoms with van der Waals surface area (Å²) in [6.45, 7) is -0.160. The fourth-order valence-corrected chi connectivity index (χ4v) is 5.32. The molecule has 2 aliphatic rings. The predicted molar refractivity (Wildman–Crippen MR) is 113 cm³/mol. The summed E-state index contributed by atoms with van der Waals surface area (Å²) >= 11 is 0. The minimum atomic E-state index is -4.07. The van der Waals surface area contributed by atoms with Crippen molar-refractivity contribution in [3.8, 4) is 5.75 Å². The number of benzene rings is 2. The normalized spacial score (nSPS) is 19.3. The highest BCUT2D eigenvalue weighted by Gasteiger charge is 2.44. The van der Waals surface area contributed by atoms with Gasteiger partial charge >= 0.3 is 5.97 Å². The van der Waals surface area contributed by atoms with E-state index in [-0.39, 0.29) is 29.8 Å². The summed E-state index contributed by atoms with van der Waals surface area (Å²) in [5.74, 6) is -0.370. The molecular weight excluding hydrogens is 420 g/mol. The van der Waals surface area contributed by atoms with Crippen LogP contribution in [0.2, 0.25) is 0 Å². The molecule has 4 rings (SSSR count). The molecule has 0 N–H and O–H groups in total. The van der Waals surface area contributed by atoms with Crippen LogP contribution < -0.4 is 9.64 Å². The van der Waals surface area contributed by atoms with Gasteiger partial charge in [0, 0.05) is 18.2 Å². The number of ether oxygens (including phenoxy) is 2. The molecule has 0 saturated heterocycles. The van der Waals surface area contributed by atoms with Gasteiger partial charge in [0.1, 0.15) is 11.8 Å². The molecule has 0 spiro atoms. The Morgan fingerprint density at radius 2 is 1.68 bits per heavy atom. The molecule has 31 heavy (non-hydrogen) atoms. The molecule has 1 amide bonds. The first-order chi connectivity index (χ1) is 14.9. The van der Waals surface area contributed by atoms with Gasteiger partial charge in [-0.2, -0.15) is 4.31 Å². The molecule has 2 aromatic rings. The van der Waals surface area contributed by atoms with Crippen molar-refractivity contribution in [3.05, 3.63) is 54.1 Å². The van der Waals surface area contributed by atoms with E-state index in [0.717, 1.165) is 17.1 Å². The number of methoxy groups -OCH3 is 2. The quantitative estimate of drug-likeness (QED) is 0.657. The zero-order chi connectivity index (χ0) is 22.2. The van der Waals surface area contributed by atoms with Gasteiger partial charge in [-0.15, -0.1) is 0 Å². The monoisotopic (exact) mass is 444 g/mol. The molecule has 164 valence electrons. The molecule has 1 aliphatic carbocycles. The number of carbonyl (C=O) groups is 2. The first kappa shape index (κ1) is 21.3. The number of rotatable bonds is 5. The van der Waals surface area contributed by atoms with Gasteiger partial charge in [-0.3, -0.25) is 9.59 Å². The van der Waals surface area contributed by atoms with E-state index in [1.54, 1.807) is 36.4 Å². The molecule has 1 heterocycles. The number of hydrogen-bond donors (Lipinski definition) is 0. The van der Waals surface area contributed by atoms with Crippen LogP contribution in [0, 0.1) is 5.92 Å². The van der Waals surface area contributed by atoms with Crippen LogP contribution in [0.15, 0.2) is 53.4 Å². The number of para-hydroxylation sites is 1. The Morgan fingerprint density at radius 1 is 1.00 bits per heavy atom. The number of esters is 1.